The van der Waals surface area contributed by atoms with Gasteiger partial charge in [0.25, 0.3) is 0 Å². The highest BCUT2D eigenvalue weighted by molar-refractivity contribution is 5.29. The highest BCUT2D eigenvalue weighted by atomic mass is 14.9. The number of nitrogens with one attached hydrogen (secondary N) is 1. The Morgan fingerprint density at radius 2 is 1.90 bits per heavy atom. The highest BCUT2D eigenvalue weighted by Gasteiger charge is 2.23. The second-order valence-corrected chi connectivity index (χ2v) is 6.04. The Morgan fingerprint density at radius 3 is 2.65 bits per heavy atom. The van der Waals surface area contributed by atoms with Crippen molar-refractivity contribution in [3.8, 4) is 0 Å². The first-order valence-corrected chi connectivity index (χ1v) is 7.61. The number of aryl methyl sites for hydroxylation is 1. The minimum Gasteiger partial charge on any atom is -0.306 e. The Labute approximate surface area is 122 Å². The fourth-order valence-corrected chi connectivity index (χ4v) is 2.70. The molecule has 20 heavy (non-hydrogen) atoms. The summed E-state index contributed by atoms with van der Waals surface area (Å²) in [6, 6.07) is 18.2. The van der Waals surface area contributed by atoms with Crippen molar-refractivity contribution in [2.75, 3.05) is 0 Å². The quantitative estimate of drug-likeness (QED) is 0.824. The summed E-state index contributed by atoms with van der Waals surface area (Å²) >= 11 is 0. The van der Waals surface area contributed by atoms with Crippen LogP contribution in [0.15, 0.2) is 48.5 Å². The second-order valence-electron chi connectivity index (χ2n) is 6.04. The van der Waals surface area contributed by atoms with E-state index in [9.17, 15) is 0 Å². The first kappa shape index (κ1) is 13.4. The second kappa shape index (κ2) is 5.80. The van der Waals surface area contributed by atoms with Gasteiger partial charge >= 0.3 is 0 Å². The SMILES string of the molecule is Cc1cccc([C@@H](C)NCc2cccc(C3CC3)c2)c1. The molecule has 0 spiro atoms. The first-order chi connectivity index (χ1) is 9.72. The van der Waals surface area contributed by atoms with E-state index in [-0.39, 0.29) is 0 Å². The van der Waals surface area contributed by atoms with Crippen LogP contribution < -0.4 is 5.32 Å². The van der Waals surface area contributed by atoms with Crippen LogP contribution in [0.3, 0.4) is 0 Å². The van der Waals surface area contributed by atoms with Crippen molar-refractivity contribution in [2.24, 2.45) is 0 Å². The molecule has 0 aliphatic heterocycles. The average molecular weight is 265 g/mol. The van der Waals surface area contributed by atoms with Crippen molar-refractivity contribution < 1.29 is 0 Å². The molecular formula is C19H23N. The van der Waals surface area contributed by atoms with Gasteiger partial charge in [0.1, 0.15) is 0 Å². The molecule has 0 bridgehead atoms. The van der Waals surface area contributed by atoms with E-state index in [0.29, 0.717) is 6.04 Å². The van der Waals surface area contributed by atoms with Crippen molar-refractivity contribution >= 4 is 0 Å². The fraction of sp³-hybridized carbons (Fsp3) is 0.368. The summed E-state index contributed by atoms with van der Waals surface area (Å²) in [7, 11) is 0. The summed E-state index contributed by atoms with van der Waals surface area (Å²) in [5.74, 6) is 0.837. The topological polar surface area (TPSA) is 12.0 Å². The molecule has 0 aromatic heterocycles. The zero-order chi connectivity index (χ0) is 13.9. The highest BCUT2D eigenvalue weighted by Crippen LogP contribution is 2.40. The van der Waals surface area contributed by atoms with Crippen molar-refractivity contribution in [3.63, 3.8) is 0 Å². The van der Waals surface area contributed by atoms with Gasteiger partial charge in [0.15, 0.2) is 0 Å². The Morgan fingerprint density at radius 1 is 1.10 bits per heavy atom. The molecule has 0 heterocycles. The van der Waals surface area contributed by atoms with Crippen molar-refractivity contribution in [2.45, 2.75) is 45.2 Å². The molecule has 1 atom stereocenters. The van der Waals surface area contributed by atoms with Crippen LogP contribution in [-0.2, 0) is 6.54 Å². The number of rotatable bonds is 5. The van der Waals surface area contributed by atoms with Gasteiger partial charge in [-0.25, -0.2) is 0 Å². The molecule has 104 valence electrons. The molecule has 1 heteroatoms. The zero-order valence-corrected chi connectivity index (χ0v) is 12.4. The minimum atomic E-state index is 0.388. The Kier molecular flexibility index (Phi) is 3.88. The average Bonchev–Trinajstić information content (AvgIpc) is 3.30. The van der Waals surface area contributed by atoms with Gasteiger partial charge in [0, 0.05) is 12.6 Å². The summed E-state index contributed by atoms with van der Waals surface area (Å²) in [5, 5.41) is 3.63. The van der Waals surface area contributed by atoms with Crippen LogP contribution in [0.4, 0.5) is 0 Å². The van der Waals surface area contributed by atoms with Gasteiger partial charge in [-0.1, -0.05) is 54.1 Å². The van der Waals surface area contributed by atoms with Crippen LogP contribution in [-0.4, -0.2) is 0 Å². The lowest BCUT2D eigenvalue weighted by Gasteiger charge is -2.15. The molecule has 0 amide bonds. The summed E-state index contributed by atoms with van der Waals surface area (Å²) in [5.41, 5.74) is 5.61. The van der Waals surface area contributed by atoms with E-state index in [4.69, 9.17) is 0 Å². The smallest absolute Gasteiger partial charge is 0.0295 e. The van der Waals surface area contributed by atoms with Crippen LogP contribution in [0.5, 0.6) is 0 Å². The number of hydrogen-bond acceptors (Lipinski definition) is 1. The zero-order valence-electron chi connectivity index (χ0n) is 12.4. The van der Waals surface area contributed by atoms with Gasteiger partial charge < -0.3 is 5.32 Å². The third kappa shape index (κ3) is 3.29. The lowest BCUT2D eigenvalue weighted by Crippen LogP contribution is -2.18. The van der Waals surface area contributed by atoms with Gasteiger partial charge in [-0.15, -0.1) is 0 Å². The van der Waals surface area contributed by atoms with Gasteiger partial charge in [-0.3, -0.25) is 0 Å². The lowest BCUT2D eigenvalue weighted by molar-refractivity contribution is 0.574. The molecule has 1 fully saturated rings. The number of hydrogen-bond donors (Lipinski definition) is 1. The number of benzene rings is 2. The Balaban J connectivity index is 1.62. The fourth-order valence-electron chi connectivity index (χ4n) is 2.70. The maximum atomic E-state index is 3.63. The summed E-state index contributed by atoms with van der Waals surface area (Å²) in [6.45, 7) is 5.32. The van der Waals surface area contributed by atoms with Crippen molar-refractivity contribution in [1.82, 2.24) is 5.32 Å². The molecule has 1 N–H and O–H groups in total. The molecule has 0 radical (unpaired) electrons. The van der Waals surface area contributed by atoms with E-state index in [1.165, 1.54) is 35.1 Å². The molecule has 2 aromatic rings. The first-order valence-electron chi connectivity index (χ1n) is 7.61. The summed E-state index contributed by atoms with van der Waals surface area (Å²) < 4.78 is 0. The predicted octanol–water partition coefficient (Wildman–Crippen LogP) is 4.72. The maximum Gasteiger partial charge on any atom is 0.0295 e. The summed E-state index contributed by atoms with van der Waals surface area (Å²) in [4.78, 5) is 0. The molecule has 1 aliphatic rings. The normalized spacial score (nSPS) is 16.1. The molecule has 0 saturated heterocycles. The maximum absolute atomic E-state index is 3.63. The Bertz CT molecular complexity index is 584. The van der Waals surface area contributed by atoms with Gasteiger partial charge in [-0.2, -0.15) is 0 Å². The minimum absolute atomic E-state index is 0.388. The van der Waals surface area contributed by atoms with E-state index >= 15 is 0 Å². The predicted molar refractivity (Wildman–Crippen MR) is 84.9 cm³/mol. The van der Waals surface area contributed by atoms with Crippen LogP contribution in [0.25, 0.3) is 0 Å². The largest absolute Gasteiger partial charge is 0.306 e. The molecule has 0 unspecified atom stereocenters. The molecule has 3 rings (SSSR count). The van der Waals surface area contributed by atoms with E-state index in [1.807, 2.05) is 0 Å². The summed E-state index contributed by atoms with van der Waals surface area (Å²) in [6.07, 6.45) is 2.74. The standard InChI is InChI=1S/C19H23N/c1-14-5-3-7-18(11-14)15(2)20-13-16-6-4-8-19(12-16)17-9-10-17/h3-8,11-12,15,17,20H,9-10,13H2,1-2H3/t15-/m1/s1. The van der Waals surface area contributed by atoms with Crippen LogP contribution in [0, 0.1) is 6.92 Å². The van der Waals surface area contributed by atoms with Crippen molar-refractivity contribution in [1.29, 1.82) is 0 Å². The molecule has 1 saturated carbocycles. The monoisotopic (exact) mass is 265 g/mol. The van der Waals surface area contributed by atoms with Gasteiger partial charge in [0.2, 0.25) is 0 Å². The molecule has 2 aromatic carbocycles. The van der Waals surface area contributed by atoms with E-state index in [1.54, 1.807) is 0 Å². The van der Waals surface area contributed by atoms with E-state index in [0.717, 1.165) is 12.5 Å². The third-order valence-corrected chi connectivity index (χ3v) is 4.15. The van der Waals surface area contributed by atoms with Crippen LogP contribution >= 0.6 is 0 Å². The Hall–Kier alpha value is -1.60. The van der Waals surface area contributed by atoms with Gasteiger partial charge in [-0.05, 0) is 49.3 Å². The van der Waals surface area contributed by atoms with Gasteiger partial charge in [0.05, 0.1) is 0 Å². The van der Waals surface area contributed by atoms with E-state index in [2.05, 4.69) is 67.7 Å². The van der Waals surface area contributed by atoms with Crippen LogP contribution in [0.2, 0.25) is 0 Å². The molecule has 1 aliphatic carbocycles. The van der Waals surface area contributed by atoms with Crippen LogP contribution in [0.1, 0.15) is 54.0 Å². The van der Waals surface area contributed by atoms with E-state index < -0.39 is 0 Å². The third-order valence-electron chi connectivity index (χ3n) is 4.15. The van der Waals surface area contributed by atoms with Crippen molar-refractivity contribution in [3.05, 3.63) is 70.8 Å². The molecular weight excluding hydrogens is 242 g/mol. The molecule has 1 nitrogen and oxygen atoms in total. The lowest BCUT2D eigenvalue weighted by atomic mass is 10.0.